The Morgan fingerprint density at radius 3 is 0.843 bits per heavy atom. The molecule has 0 aromatic carbocycles. The summed E-state index contributed by atoms with van der Waals surface area (Å²) in [4.78, 5) is 72.4. The second kappa shape index (κ2) is 29.7. The van der Waals surface area contributed by atoms with Crippen LogP contribution < -0.4 is 30.6 Å². The zero-order chi connectivity index (χ0) is 37.7. The summed E-state index contributed by atoms with van der Waals surface area (Å²) in [6, 6.07) is 0. The maximum Gasteiger partial charge on any atom is 2.00 e. The number of aromatic amines is 2. The van der Waals surface area contributed by atoms with Crippen LogP contribution in [0.1, 0.15) is 11.4 Å². The normalized spacial score (nSPS) is 14.7. The van der Waals surface area contributed by atoms with Gasteiger partial charge in [-0.1, -0.05) is 0 Å². The molecule has 0 aliphatic heterocycles. The number of aliphatic carboxylic acids is 6. The van der Waals surface area contributed by atoms with Gasteiger partial charge in [0.15, 0.2) is 0 Å². The van der Waals surface area contributed by atoms with Crippen LogP contribution in [0.4, 0.5) is 0 Å². The summed E-state index contributed by atoms with van der Waals surface area (Å²) in [7, 11) is 0. The molecule has 2 heterocycles. The Labute approximate surface area is 315 Å². The van der Waals surface area contributed by atoms with Gasteiger partial charge in [-0.05, 0) is 24.3 Å². The molecule has 0 saturated carbocycles. The fourth-order valence-electron chi connectivity index (χ4n) is 2.34. The molecule has 283 valence electrons. The smallest absolute Gasteiger partial charge is 0.547 e. The third kappa shape index (κ3) is 24.7. The molecular formula is C24H26Mn3N4O20. The first-order valence-corrected chi connectivity index (χ1v) is 12.2. The molecular weight excluding hydrogens is 829 g/mol. The van der Waals surface area contributed by atoms with Crippen molar-refractivity contribution in [3.05, 3.63) is 48.6 Å². The number of carboxylic acid groups (broad SMARTS) is 6. The van der Waals surface area contributed by atoms with Crippen LogP contribution >= 0.6 is 0 Å². The van der Waals surface area contributed by atoms with Crippen LogP contribution in [0.25, 0.3) is 12.2 Å². The van der Waals surface area contributed by atoms with Gasteiger partial charge in [0.2, 0.25) is 0 Å². The number of aromatic nitrogens is 4. The third-order valence-electron chi connectivity index (χ3n) is 4.78. The summed E-state index contributed by atoms with van der Waals surface area (Å²) in [5.41, 5.74) is 1.15. The van der Waals surface area contributed by atoms with Gasteiger partial charge >= 0.3 is 51.2 Å². The van der Waals surface area contributed by atoms with Crippen LogP contribution in [-0.2, 0) is 80.0 Å². The number of nitrogens with one attached hydrogen (secondary N) is 2. The van der Waals surface area contributed by atoms with Crippen molar-refractivity contribution < 1.29 is 151 Å². The number of carboxylic acids is 6. The molecule has 8 atom stereocenters. The number of aliphatic hydroxyl groups excluding tert-OH is 8. The summed E-state index contributed by atoms with van der Waals surface area (Å²) >= 11 is 0. The molecule has 51 heavy (non-hydrogen) atoms. The molecule has 0 saturated heterocycles. The first-order chi connectivity index (χ1) is 22.1. The molecule has 2 aromatic rings. The Kier molecular flexibility index (Phi) is 32.8. The first-order valence-electron chi connectivity index (χ1n) is 12.2. The summed E-state index contributed by atoms with van der Waals surface area (Å²) in [6.45, 7) is 0. The topological polar surface area (TPSA) is 460 Å². The van der Waals surface area contributed by atoms with E-state index >= 15 is 0 Å². The van der Waals surface area contributed by atoms with Crippen molar-refractivity contribution in [1.29, 1.82) is 0 Å². The van der Waals surface area contributed by atoms with E-state index in [9.17, 15) is 59.4 Å². The van der Waals surface area contributed by atoms with Gasteiger partial charge in [0.1, 0.15) is 48.8 Å². The van der Waals surface area contributed by atoms with E-state index in [2.05, 4.69) is 19.9 Å². The molecule has 10 N–H and O–H groups in total. The number of hydrogen-bond acceptors (Lipinski definition) is 22. The number of nitrogens with zero attached hydrogens (tertiary/aromatic N) is 2. The molecule has 0 fully saturated rings. The Morgan fingerprint density at radius 1 is 0.490 bits per heavy atom. The standard InChI is InChI=1S/2C6H6N2O2.2C6H10O8.3Mn/c2*9-6(10)2-1-5-3-7-4-8-5;2*7-1(3(9)5(11)12)2(8)4(10)6(13)14;;;/h2*1-4H,(H,7,8)(H,9,10);2*1-4,7-10H,(H,11,12)(H,13,14);;;/q;;;;3*+2/p-6/t;;2*1-,2-,3-,4+;;;/m..00.../s1. The predicted octanol–water partition coefficient (Wildman–Crippen LogP) is -13.8. The quantitative estimate of drug-likeness (QED) is 0.0623. The summed E-state index contributed by atoms with van der Waals surface area (Å²) in [5, 5.41) is 129. The molecule has 27 heteroatoms. The Hall–Kier alpha value is -4.04. The molecule has 2 rings (SSSR count). The Morgan fingerprint density at radius 2 is 0.706 bits per heavy atom. The van der Waals surface area contributed by atoms with Crippen LogP contribution in [0.3, 0.4) is 0 Å². The zero-order valence-corrected chi connectivity index (χ0v) is 28.3. The molecule has 0 bridgehead atoms. The molecule has 0 spiro atoms. The maximum absolute atomic E-state index is 9.96. The summed E-state index contributed by atoms with van der Waals surface area (Å²) < 4.78 is 0. The van der Waals surface area contributed by atoms with Crippen LogP contribution in [-0.4, -0.2) is 145 Å². The summed E-state index contributed by atoms with van der Waals surface area (Å²) in [5.74, 6) is -10.9. The fraction of sp³-hybridized carbons (Fsp3) is 0.333. The second-order valence-corrected chi connectivity index (χ2v) is 8.31. The summed E-state index contributed by atoms with van der Waals surface area (Å²) in [6.07, 6.45) is -8.87. The average molecular weight is 855 g/mol. The van der Waals surface area contributed by atoms with Gasteiger partial charge < -0.3 is 110 Å². The zero-order valence-electron chi connectivity index (χ0n) is 24.7. The van der Waals surface area contributed by atoms with Gasteiger partial charge in [-0.15, -0.1) is 0 Å². The van der Waals surface area contributed by atoms with Crippen LogP contribution in [0.5, 0.6) is 0 Å². The van der Waals surface area contributed by atoms with E-state index in [4.69, 9.17) is 40.9 Å². The van der Waals surface area contributed by atoms with E-state index in [1.165, 1.54) is 24.8 Å². The molecule has 2 aromatic heterocycles. The van der Waals surface area contributed by atoms with Crippen LogP contribution in [0, 0.1) is 0 Å². The van der Waals surface area contributed by atoms with Crippen LogP contribution in [0.15, 0.2) is 37.2 Å². The van der Waals surface area contributed by atoms with Gasteiger partial charge in [-0.3, -0.25) is 0 Å². The Balaban J connectivity index is -0.000000183. The van der Waals surface area contributed by atoms with E-state index in [0.29, 0.717) is 11.4 Å². The number of imidazole rings is 2. The van der Waals surface area contributed by atoms with Crippen molar-refractivity contribution in [2.45, 2.75) is 48.8 Å². The van der Waals surface area contributed by atoms with Crippen LogP contribution in [0.2, 0.25) is 0 Å². The second-order valence-electron chi connectivity index (χ2n) is 8.31. The minimum atomic E-state index is -2.50. The third-order valence-corrected chi connectivity index (χ3v) is 4.78. The average Bonchev–Trinajstić information content (AvgIpc) is 3.75. The van der Waals surface area contributed by atoms with Gasteiger partial charge in [-0.2, -0.15) is 0 Å². The molecule has 3 radical (unpaired) electrons. The van der Waals surface area contributed by atoms with Crippen molar-refractivity contribution in [3.63, 3.8) is 0 Å². The molecule has 0 amide bonds. The molecule has 0 unspecified atom stereocenters. The van der Waals surface area contributed by atoms with E-state index in [1.807, 2.05) is 0 Å². The largest absolute Gasteiger partial charge is 2.00 e. The molecule has 24 nitrogen and oxygen atoms in total. The predicted molar refractivity (Wildman–Crippen MR) is 133 cm³/mol. The van der Waals surface area contributed by atoms with Gasteiger partial charge in [0.05, 0.1) is 59.9 Å². The Bertz CT molecular complexity index is 1210. The number of hydrogen-bond donors (Lipinski definition) is 10. The minimum Gasteiger partial charge on any atom is -0.547 e. The molecule has 0 aliphatic carbocycles. The SMILES string of the molecule is O=C([O-])C=Cc1c[nH]cn1.O=C([O-])C=Cc1c[nH]cn1.O=C([O-])[C@@H](O)[C@@H](O)[C@H](O)[C@@H](O)C(=O)[O-].O=C([O-])[C@@H](O)[C@@H](O)[C@H](O)[C@@H](O)C(=O)[O-].[Mn+2].[Mn+2].[Mn+2]. The van der Waals surface area contributed by atoms with E-state index in [-0.39, 0.29) is 51.2 Å². The van der Waals surface area contributed by atoms with Gasteiger partial charge in [-0.25, -0.2) is 9.97 Å². The van der Waals surface area contributed by atoms with Crippen molar-refractivity contribution in [3.8, 4) is 0 Å². The first kappa shape index (κ1) is 56.3. The van der Waals surface area contributed by atoms with Crippen molar-refractivity contribution in [2.75, 3.05) is 0 Å². The minimum absolute atomic E-state index is 0. The monoisotopic (exact) mass is 855 g/mol. The van der Waals surface area contributed by atoms with E-state index in [1.54, 1.807) is 12.4 Å². The van der Waals surface area contributed by atoms with E-state index in [0.717, 1.165) is 12.2 Å². The van der Waals surface area contributed by atoms with Crippen molar-refractivity contribution in [1.82, 2.24) is 19.9 Å². The maximum atomic E-state index is 9.96. The number of rotatable bonds is 14. The van der Waals surface area contributed by atoms with Crippen molar-refractivity contribution >= 4 is 48.0 Å². The number of carbonyl (C=O) groups excluding carboxylic acids is 6. The van der Waals surface area contributed by atoms with E-state index < -0.39 is 84.6 Å². The number of H-pyrrole nitrogens is 2. The molecule has 0 aliphatic rings. The van der Waals surface area contributed by atoms with Gasteiger partial charge in [0.25, 0.3) is 0 Å². The van der Waals surface area contributed by atoms with Crippen molar-refractivity contribution in [2.24, 2.45) is 0 Å². The fourth-order valence-corrected chi connectivity index (χ4v) is 2.34. The number of aliphatic hydroxyl groups is 8. The van der Waals surface area contributed by atoms with Gasteiger partial charge in [0, 0.05) is 12.4 Å². The number of carbonyl (C=O) groups is 6.